The zero-order valence-electron chi connectivity index (χ0n) is 15.3. The lowest BCUT2D eigenvalue weighted by atomic mass is 10.1. The lowest BCUT2D eigenvalue weighted by Crippen LogP contribution is -2.52. The number of nitrogens with zero attached hydrogens (tertiary/aromatic N) is 2. The van der Waals surface area contributed by atoms with E-state index in [9.17, 15) is 5.11 Å². The fourth-order valence-electron chi connectivity index (χ4n) is 3.03. The van der Waals surface area contributed by atoms with Crippen LogP contribution in [0.5, 0.6) is 0 Å². The third-order valence-electron chi connectivity index (χ3n) is 4.60. The Morgan fingerprint density at radius 1 is 0.958 bits per heavy atom. The van der Waals surface area contributed by atoms with Crippen LogP contribution < -0.4 is 10.6 Å². The predicted molar refractivity (Wildman–Crippen MR) is 91.7 cm³/mol. The highest BCUT2D eigenvalue weighted by Crippen LogP contribution is 2.20. The van der Waals surface area contributed by atoms with E-state index in [1.54, 1.807) is 7.11 Å². The summed E-state index contributed by atoms with van der Waals surface area (Å²) < 4.78 is 11.5. The van der Waals surface area contributed by atoms with Crippen molar-refractivity contribution in [3.05, 3.63) is 0 Å². The Bertz CT molecular complexity index is 345. The lowest BCUT2D eigenvalue weighted by Gasteiger charge is -2.34. The fourth-order valence-corrected chi connectivity index (χ4v) is 3.03. The first kappa shape index (κ1) is 20.0. The van der Waals surface area contributed by atoms with Gasteiger partial charge < -0.3 is 30.1 Å². The molecule has 0 spiro atoms. The maximum Gasteiger partial charge on any atom is 0.162 e. The largest absolute Gasteiger partial charge is 0.389 e. The number of aliphatic hydroxyl groups is 1. The highest BCUT2D eigenvalue weighted by molar-refractivity contribution is 4.83. The lowest BCUT2D eigenvalue weighted by molar-refractivity contribution is -0.204. The molecule has 2 fully saturated rings. The van der Waals surface area contributed by atoms with Crippen LogP contribution in [0.4, 0.5) is 0 Å². The van der Waals surface area contributed by atoms with E-state index < -0.39 is 11.9 Å². The van der Waals surface area contributed by atoms with Crippen molar-refractivity contribution in [1.29, 1.82) is 0 Å². The van der Waals surface area contributed by atoms with Crippen molar-refractivity contribution in [2.75, 3.05) is 72.7 Å². The standard InChI is InChI=1S/C16H34N4O4/c1-16(2)23-12-14(15(21)13-24-16)19-8-4-17-6-10-20(22-3)11-7-18-5-9-19/h14-15,17-18,21H,4-13H2,1-3H3/t14-,15-/m1/s1. The molecule has 2 heterocycles. The molecule has 2 aliphatic heterocycles. The Morgan fingerprint density at radius 2 is 1.50 bits per heavy atom. The summed E-state index contributed by atoms with van der Waals surface area (Å²) in [6.07, 6.45) is -0.538. The van der Waals surface area contributed by atoms with Crippen molar-refractivity contribution in [3.63, 3.8) is 0 Å². The Balaban J connectivity index is 1.90. The topological polar surface area (TPSA) is 78.5 Å². The van der Waals surface area contributed by atoms with Crippen LogP contribution in [0.2, 0.25) is 0 Å². The fraction of sp³-hybridized carbons (Fsp3) is 1.00. The minimum Gasteiger partial charge on any atom is -0.389 e. The summed E-state index contributed by atoms with van der Waals surface area (Å²) in [5.41, 5.74) is 0. The quantitative estimate of drug-likeness (QED) is 0.579. The first-order valence-corrected chi connectivity index (χ1v) is 8.92. The molecule has 0 radical (unpaired) electrons. The number of rotatable bonds is 2. The second-order valence-corrected chi connectivity index (χ2v) is 6.80. The minimum atomic E-state index is -0.637. The molecule has 3 N–H and O–H groups in total. The SMILES string of the molecule is CON1CCNCCN([C@@H]2COC(C)(C)OC[C@H]2O)CCNCC1. The average Bonchev–Trinajstić information content (AvgIpc) is 2.67. The second-order valence-electron chi connectivity index (χ2n) is 6.80. The van der Waals surface area contributed by atoms with Crippen LogP contribution in [0.1, 0.15) is 13.8 Å². The van der Waals surface area contributed by atoms with Crippen LogP contribution in [0.25, 0.3) is 0 Å². The van der Waals surface area contributed by atoms with Crippen molar-refractivity contribution in [2.24, 2.45) is 0 Å². The van der Waals surface area contributed by atoms with Crippen LogP contribution in [0.3, 0.4) is 0 Å². The number of hydrogen-bond donors (Lipinski definition) is 3. The van der Waals surface area contributed by atoms with Gasteiger partial charge in [-0.25, -0.2) is 0 Å². The van der Waals surface area contributed by atoms with Gasteiger partial charge in [-0.1, -0.05) is 0 Å². The molecule has 0 amide bonds. The molecule has 0 aromatic heterocycles. The van der Waals surface area contributed by atoms with Gasteiger partial charge in [0.1, 0.15) is 0 Å². The monoisotopic (exact) mass is 346 g/mol. The number of nitrogens with one attached hydrogen (secondary N) is 2. The summed E-state index contributed by atoms with van der Waals surface area (Å²) in [4.78, 5) is 7.64. The van der Waals surface area contributed by atoms with Crippen molar-refractivity contribution in [2.45, 2.75) is 31.8 Å². The maximum atomic E-state index is 10.5. The van der Waals surface area contributed by atoms with Gasteiger partial charge in [0.2, 0.25) is 0 Å². The number of ether oxygens (including phenoxy) is 2. The zero-order valence-corrected chi connectivity index (χ0v) is 15.3. The first-order valence-electron chi connectivity index (χ1n) is 8.92. The van der Waals surface area contributed by atoms with Crippen LogP contribution in [-0.4, -0.2) is 106 Å². The van der Waals surface area contributed by atoms with Gasteiger partial charge in [0.05, 0.1) is 32.5 Å². The van der Waals surface area contributed by atoms with E-state index in [2.05, 4.69) is 15.5 Å². The Hall–Kier alpha value is -0.320. The van der Waals surface area contributed by atoms with Crippen LogP contribution >= 0.6 is 0 Å². The molecule has 8 nitrogen and oxygen atoms in total. The molecule has 142 valence electrons. The van der Waals surface area contributed by atoms with Crippen molar-refractivity contribution >= 4 is 0 Å². The molecule has 8 heteroatoms. The second kappa shape index (κ2) is 9.98. The first-order chi connectivity index (χ1) is 11.5. The molecule has 0 aromatic rings. The summed E-state index contributed by atoms with van der Waals surface area (Å²) in [5.74, 6) is -0.637. The molecular formula is C16H34N4O4. The predicted octanol–water partition coefficient (Wildman–Crippen LogP) is -1.14. The van der Waals surface area contributed by atoms with Crippen LogP contribution in [0, 0.1) is 0 Å². The highest BCUT2D eigenvalue weighted by Gasteiger charge is 2.34. The Labute approximate surface area is 145 Å². The molecule has 2 saturated heterocycles. The normalized spacial score (nSPS) is 32.5. The van der Waals surface area contributed by atoms with Gasteiger partial charge >= 0.3 is 0 Å². The Morgan fingerprint density at radius 3 is 2.08 bits per heavy atom. The molecular weight excluding hydrogens is 312 g/mol. The molecule has 0 unspecified atom stereocenters. The van der Waals surface area contributed by atoms with E-state index in [1.807, 2.05) is 18.9 Å². The third kappa shape index (κ3) is 6.53. The number of hydroxylamine groups is 2. The smallest absolute Gasteiger partial charge is 0.162 e. The van der Waals surface area contributed by atoms with E-state index in [1.165, 1.54) is 0 Å². The van der Waals surface area contributed by atoms with Gasteiger partial charge in [-0.05, 0) is 13.8 Å². The molecule has 0 saturated carbocycles. The molecule has 24 heavy (non-hydrogen) atoms. The summed E-state index contributed by atoms with van der Waals surface area (Å²) in [5, 5.41) is 19.3. The molecule has 2 rings (SSSR count). The summed E-state index contributed by atoms with van der Waals surface area (Å²) >= 11 is 0. The van der Waals surface area contributed by atoms with E-state index in [4.69, 9.17) is 14.3 Å². The van der Waals surface area contributed by atoms with E-state index in [-0.39, 0.29) is 6.04 Å². The maximum absolute atomic E-state index is 10.5. The zero-order chi connectivity index (χ0) is 17.4. The van der Waals surface area contributed by atoms with Crippen molar-refractivity contribution in [1.82, 2.24) is 20.6 Å². The number of aliphatic hydroxyl groups excluding tert-OH is 1. The third-order valence-corrected chi connectivity index (χ3v) is 4.60. The van der Waals surface area contributed by atoms with Crippen LogP contribution in [0.15, 0.2) is 0 Å². The summed E-state index contributed by atoms with van der Waals surface area (Å²) in [7, 11) is 1.71. The minimum absolute atomic E-state index is 0.0474. The molecule has 2 aliphatic rings. The van der Waals surface area contributed by atoms with E-state index >= 15 is 0 Å². The highest BCUT2D eigenvalue weighted by atomic mass is 16.7. The molecule has 0 bridgehead atoms. The Kier molecular flexibility index (Phi) is 8.32. The average molecular weight is 346 g/mol. The van der Waals surface area contributed by atoms with Crippen molar-refractivity contribution < 1.29 is 19.4 Å². The van der Waals surface area contributed by atoms with Crippen molar-refractivity contribution in [3.8, 4) is 0 Å². The van der Waals surface area contributed by atoms with Gasteiger partial charge in [-0.3, -0.25) is 4.90 Å². The number of hydrogen-bond acceptors (Lipinski definition) is 8. The molecule has 0 aliphatic carbocycles. The van der Waals surface area contributed by atoms with E-state index in [0.717, 1.165) is 52.4 Å². The summed E-state index contributed by atoms with van der Waals surface area (Å²) in [6.45, 7) is 11.5. The van der Waals surface area contributed by atoms with Gasteiger partial charge in [0.15, 0.2) is 5.79 Å². The van der Waals surface area contributed by atoms with Gasteiger partial charge in [0.25, 0.3) is 0 Å². The van der Waals surface area contributed by atoms with Gasteiger partial charge in [-0.15, -0.1) is 0 Å². The van der Waals surface area contributed by atoms with Gasteiger partial charge in [-0.2, -0.15) is 5.06 Å². The van der Waals surface area contributed by atoms with Gasteiger partial charge in [0, 0.05) is 52.4 Å². The molecule has 0 aromatic carbocycles. The van der Waals surface area contributed by atoms with Crippen LogP contribution in [-0.2, 0) is 14.3 Å². The summed E-state index contributed by atoms with van der Waals surface area (Å²) in [6, 6.07) is -0.0474. The van der Waals surface area contributed by atoms with E-state index in [0.29, 0.717) is 13.2 Å². The molecule has 2 atom stereocenters.